The molecule has 1 aromatic rings. The highest BCUT2D eigenvalue weighted by molar-refractivity contribution is 8.00. The summed E-state index contributed by atoms with van der Waals surface area (Å²) < 4.78 is 0. The van der Waals surface area contributed by atoms with Crippen molar-refractivity contribution in [3.8, 4) is 0 Å². The molecule has 1 saturated heterocycles. The van der Waals surface area contributed by atoms with Crippen LogP contribution in [-0.4, -0.2) is 28.0 Å². The van der Waals surface area contributed by atoms with Gasteiger partial charge in [0.2, 0.25) is 5.91 Å². The molecule has 0 radical (unpaired) electrons. The molecular formula is C11H13NO3S2. The molecule has 1 unspecified atom stereocenters. The van der Waals surface area contributed by atoms with E-state index < -0.39 is 5.97 Å². The Morgan fingerprint density at radius 3 is 2.76 bits per heavy atom. The molecule has 0 aliphatic carbocycles. The van der Waals surface area contributed by atoms with Gasteiger partial charge in [-0.1, -0.05) is 6.42 Å². The van der Waals surface area contributed by atoms with Crippen LogP contribution < -0.4 is 5.32 Å². The molecule has 0 bridgehead atoms. The number of carbonyl (C=O) groups is 2. The van der Waals surface area contributed by atoms with Crippen molar-refractivity contribution in [2.45, 2.75) is 24.5 Å². The smallest absolute Gasteiger partial charge is 0.345 e. The lowest BCUT2D eigenvalue weighted by Gasteiger charge is -2.19. The van der Waals surface area contributed by atoms with E-state index >= 15 is 0 Å². The first-order chi connectivity index (χ1) is 8.16. The lowest BCUT2D eigenvalue weighted by molar-refractivity contribution is -0.115. The number of anilines is 1. The van der Waals surface area contributed by atoms with Gasteiger partial charge < -0.3 is 10.4 Å². The maximum Gasteiger partial charge on any atom is 0.345 e. The van der Waals surface area contributed by atoms with Crippen LogP contribution in [0.15, 0.2) is 12.1 Å². The first-order valence-corrected chi connectivity index (χ1v) is 7.29. The van der Waals surface area contributed by atoms with E-state index in [1.165, 1.54) is 12.5 Å². The highest BCUT2D eigenvalue weighted by Crippen LogP contribution is 2.28. The van der Waals surface area contributed by atoms with Crippen molar-refractivity contribution >= 4 is 40.0 Å². The maximum absolute atomic E-state index is 11.9. The quantitative estimate of drug-likeness (QED) is 0.887. The summed E-state index contributed by atoms with van der Waals surface area (Å²) >= 11 is 2.77. The largest absolute Gasteiger partial charge is 0.477 e. The Morgan fingerprint density at radius 1 is 1.35 bits per heavy atom. The molecule has 17 heavy (non-hydrogen) atoms. The van der Waals surface area contributed by atoms with E-state index in [0.29, 0.717) is 5.00 Å². The number of hydrogen-bond donors (Lipinski definition) is 2. The number of thioether (sulfide) groups is 1. The minimum Gasteiger partial charge on any atom is -0.477 e. The minimum absolute atomic E-state index is 0.00603. The van der Waals surface area contributed by atoms with Crippen LogP contribution in [0.2, 0.25) is 0 Å². The SMILES string of the molecule is O=C(O)c1ccc(NC(=O)C2CCCCS2)s1. The van der Waals surface area contributed by atoms with E-state index in [1.807, 2.05) is 0 Å². The number of carbonyl (C=O) groups excluding carboxylic acids is 1. The molecule has 2 heterocycles. The molecule has 2 rings (SSSR count). The summed E-state index contributed by atoms with van der Waals surface area (Å²) in [6.45, 7) is 0. The molecule has 1 atom stereocenters. The van der Waals surface area contributed by atoms with E-state index in [1.54, 1.807) is 17.8 Å². The zero-order chi connectivity index (χ0) is 12.3. The third kappa shape index (κ3) is 3.23. The molecular weight excluding hydrogens is 258 g/mol. The van der Waals surface area contributed by atoms with Gasteiger partial charge in [0.15, 0.2) is 0 Å². The lowest BCUT2D eigenvalue weighted by Crippen LogP contribution is -2.27. The number of carboxylic acid groups (broad SMARTS) is 1. The first-order valence-electron chi connectivity index (χ1n) is 5.42. The summed E-state index contributed by atoms with van der Waals surface area (Å²) in [4.78, 5) is 22.8. The Balaban J connectivity index is 1.94. The van der Waals surface area contributed by atoms with Gasteiger partial charge in [0.25, 0.3) is 0 Å². The van der Waals surface area contributed by atoms with Crippen molar-refractivity contribution in [3.05, 3.63) is 17.0 Å². The zero-order valence-electron chi connectivity index (χ0n) is 9.14. The molecule has 0 spiro atoms. The van der Waals surface area contributed by atoms with Crippen molar-refractivity contribution in [2.24, 2.45) is 0 Å². The van der Waals surface area contributed by atoms with Gasteiger partial charge in [0, 0.05) is 0 Å². The zero-order valence-corrected chi connectivity index (χ0v) is 10.8. The number of thiophene rings is 1. The molecule has 0 aromatic carbocycles. The third-order valence-electron chi connectivity index (χ3n) is 2.54. The van der Waals surface area contributed by atoms with E-state index in [9.17, 15) is 9.59 Å². The van der Waals surface area contributed by atoms with Crippen molar-refractivity contribution in [2.75, 3.05) is 11.1 Å². The lowest BCUT2D eigenvalue weighted by atomic mass is 10.2. The van der Waals surface area contributed by atoms with Gasteiger partial charge in [-0.15, -0.1) is 23.1 Å². The van der Waals surface area contributed by atoms with Crippen LogP contribution in [0.3, 0.4) is 0 Å². The fourth-order valence-electron chi connectivity index (χ4n) is 1.67. The Kier molecular flexibility index (Phi) is 4.06. The molecule has 1 aliphatic rings. The van der Waals surface area contributed by atoms with Crippen LogP contribution in [-0.2, 0) is 4.79 Å². The summed E-state index contributed by atoms with van der Waals surface area (Å²) in [5.41, 5.74) is 0. The van der Waals surface area contributed by atoms with E-state index in [0.717, 1.165) is 29.9 Å². The standard InChI is InChI=1S/C11H13NO3S2/c13-10(7-3-1-2-6-16-7)12-9-5-4-8(17-9)11(14)15/h4-5,7H,1-3,6H2,(H,12,13)(H,14,15). The second-order valence-electron chi connectivity index (χ2n) is 3.81. The second kappa shape index (κ2) is 5.55. The third-order valence-corrected chi connectivity index (χ3v) is 4.90. The fourth-order valence-corrected chi connectivity index (χ4v) is 3.62. The Labute approximate surface area is 107 Å². The van der Waals surface area contributed by atoms with Gasteiger partial charge in [0.1, 0.15) is 4.88 Å². The van der Waals surface area contributed by atoms with E-state index in [-0.39, 0.29) is 16.0 Å². The van der Waals surface area contributed by atoms with E-state index in [4.69, 9.17) is 5.11 Å². The molecule has 1 amide bonds. The van der Waals surface area contributed by atoms with Crippen LogP contribution in [0, 0.1) is 0 Å². The van der Waals surface area contributed by atoms with Crippen LogP contribution in [0.25, 0.3) is 0 Å². The molecule has 2 N–H and O–H groups in total. The first kappa shape index (κ1) is 12.4. The summed E-state index contributed by atoms with van der Waals surface area (Å²) in [7, 11) is 0. The highest BCUT2D eigenvalue weighted by atomic mass is 32.2. The number of carboxylic acids is 1. The topological polar surface area (TPSA) is 66.4 Å². The number of nitrogens with one attached hydrogen (secondary N) is 1. The number of hydrogen-bond acceptors (Lipinski definition) is 4. The van der Waals surface area contributed by atoms with Gasteiger partial charge >= 0.3 is 5.97 Å². The summed E-state index contributed by atoms with van der Waals surface area (Å²) in [5, 5.41) is 12.2. The van der Waals surface area contributed by atoms with Crippen molar-refractivity contribution in [3.63, 3.8) is 0 Å². The molecule has 1 aromatic heterocycles. The van der Waals surface area contributed by atoms with Crippen molar-refractivity contribution in [1.82, 2.24) is 0 Å². The minimum atomic E-state index is -0.956. The molecule has 6 heteroatoms. The predicted molar refractivity (Wildman–Crippen MR) is 70.0 cm³/mol. The Bertz CT molecular complexity index is 424. The summed E-state index contributed by atoms with van der Waals surface area (Å²) in [5.74, 6) is 0.0686. The summed E-state index contributed by atoms with van der Waals surface area (Å²) in [6, 6.07) is 3.15. The van der Waals surface area contributed by atoms with Gasteiger partial charge in [-0.3, -0.25) is 4.79 Å². The molecule has 0 saturated carbocycles. The highest BCUT2D eigenvalue weighted by Gasteiger charge is 2.22. The van der Waals surface area contributed by atoms with Crippen molar-refractivity contribution < 1.29 is 14.7 Å². The van der Waals surface area contributed by atoms with Gasteiger partial charge in [0.05, 0.1) is 10.3 Å². The maximum atomic E-state index is 11.9. The van der Waals surface area contributed by atoms with Crippen LogP contribution in [0.4, 0.5) is 5.00 Å². The Hall–Kier alpha value is -1.01. The second-order valence-corrected chi connectivity index (χ2v) is 6.21. The van der Waals surface area contributed by atoms with Crippen molar-refractivity contribution in [1.29, 1.82) is 0 Å². The Morgan fingerprint density at radius 2 is 2.18 bits per heavy atom. The van der Waals surface area contributed by atoms with Crippen LogP contribution >= 0.6 is 23.1 Å². The average Bonchev–Trinajstić information content (AvgIpc) is 2.79. The number of aromatic carboxylic acids is 1. The molecule has 1 fully saturated rings. The van der Waals surface area contributed by atoms with Crippen LogP contribution in [0.1, 0.15) is 28.9 Å². The average molecular weight is 271 g/mol. The van der Waals surface area contributed by atoms with Gasteiger partial charge in [-0.2, -0.15) is 0 Å². The predicted octanol–water partition coefficient (Wildman–Crippen LogP) is 2.67. The molecule has 4 nitrogen and oxygen atoms in total. The fraction of sp³-hybridized carbons (Fsp3) is 0.455. The van der Waals surface area contributed by atoms with E-state index in [2.05, 4.69) is 5.32 Å². The van der Waals surface area contributed by atoms with Gasteiger partial charge in [-0.25, -0.2) is 4.79 Å². The molecule has 1 aliphatic heterocycles. The number of rotatable bonds is 3. The normalized spacial score (nSPS) is 19.9. The monoisotopic (exact) mass is 271 g/mol. The number of amides is 1. The summed E-state index contributed by atoms with van der Waals surface area (Å²) in [6.07, 6.45) is 3.18. The molecule has 92 valence electrons. The van der Waals surface area contributed by atoms with Gasteiger partial charge in [-0.05, 0) is 30.7 Å². The van der Waals surface area contributed by atoms with Crippen LogP contribution in [0.5, 0.6) is 0 Å².